The average molecular weight is 296 g/mol. The smallest absolute Gasteiger partial charge is 0.303 e. The maximum atomic E-state index is 10.8. The second-order valence-corrected chi connectivity index (χ2v) is 5.27. The third kappa shape index (κ3) is 2.36. The van der Waals surface area contributed by atoms with E-state index in [9.17, 15) is 4.79 Å². The van der Waals surface area contributed by atoms with Gasteiger partial charge >= 0.3 is 5.97 Å². The van der Waals surface area contributed by atoms with Crippen LogP contribution in [0.15, 0.2) is 22.7 Å². The lowest BCUT2D eigenvalue weighted by molar-refractivity contribution is -0.137. The molecule has 0 aliphatic heterocycles. The van der Waals surface area contributed by atoms with Crippen molar-refractivity contribution in [3.8, 4) is 0 Å². The highest BCUT2D eigenvalue weighted by atomic mass is 79.9. The molecule has 17 heavy (non-hydrogen) atoms. The summed E-state index contributed by atoms with van der Waals surface area (Å²) in [6.07, 6.45) is 0.153. The SMILES string of the molecule is Cc1[nH]c2ccc(Br)cc2c1C(C)CC(=O)O. The number of rotatable bonds is 3. The molecular weight excluding hydrogens is 282 g/mol. The van der Waals surface area contributed by atoms with Gasteiger partial charge in [-0.2, -0.15) is 0 Å². The fraction of sp³-hybridized carbons (Fsp3) is 0.308. The van der Waals surface area contributed by atoms with Gasteiger partial charge in [-0.15, -0.1) is 0 Å². The number of hydrogen-bond donors (Lipinski definition) is 2. The van der Waals surface area contributed by atoms with Gasteiger partial charge in [-0.3, -0.25) is 4.79 Å². The minimum absolute atomic E-state index is 0.00977. The topological polar surface area (TPSA) is 53.1 Å². The van der Waals surface area contributed by atoms with E-state index in [1.54, 1.807) is 0 Å². The van der Waals surface area contributed by atoms with Gasteiger partial charge in [-0.25, -0.2) is 0 Å². The number of aryl methyl sites for hydroxylation is 1. The van der Waals surface area contributed by atoms with Gasteiger partial charge in [0.15, 0.2) is 0 Å². The minimum atomic E-state index is -0.763. The van der Waals surface area contributed by atoms with Crippen molar-refractivity contribution in [3.05, 3.63) is 33.9 Å². The van der Waals surface area contributed by atoms with Crippen LogP contribution in [0.4, 0.5) is 0 Å². The van der Waals surface area contributed by atoms with Gasteiger partial charge in [0.25, 0.3) is 0 Å². The zero-order chi connectivity index (χ0) is 12.6. The Morgan fingerprint density at radius 2 is 2.24 bits per heavy atom. The Morgan fingerprint density at radius 1 is 1.53 bits per heavy atom. The third-order valence-corrected chi connectivity index (χ3v) is 3.46. The number of hydrogen-bond acceptors (Lipinski definition) is 1. The summed E-state index contributed by atoms with van der Waals surface area (Å²) in [7, 11) is 0. The Kier molecular flexibility index (Phi) is 3.24. The molecule has 0 bridgehead atoms. The molecule has 0 amide bonds. The van der Waals surface area contributed by atoms with Gasteiger partial charge < -0.3 is 10.1 Å². The quantitative estimate of drug-likeness (QED) is 0.904. The maximum absolute atomic E-state index is 10.8. The third-order valence-electron chi connectivity index (χ3n) is 2.97. The summed E-state index contributed by atoms with van der Waals surface area (Å²) in [6.45, 7) is 3.94. The summed E-state index contributed by atoms with van der Waals surface area (Å²) >= 11 is 3.45. The van der Waals surface area contributed by atoms with E-state index in [-0.39, 0.29) is 12.3 Å². The molecule has 90 valence electrons. The largest absolute Gasteiger partial charge is 0.481 e. The number of carboxylic acid groups (broad SMARTS) is 1. The van der Waals surface area contributed by atoms with E-state index in [0.717, 1.165) is 26.6 Å². The van der Waals surface area contributed by atoms with Crippen LogP contribution >= 0.6 is 15.9 Å². The predicted molar refractivity (Wildman–Crippen MR) is 71.4 cm³/mol. The normalized spacial score (nSPS) is 12.9. The Bertz CT molecular complexity index is 574. The van der Waals surface area contributed by atoms with E-state index in [1.807, 2.05) is 32.0 Å². The fourth-order valence-corrected chi connectivity index (χ4v) is 2.68. The van der Waals surface area contributed by atoms with E-state index < -0.39 is 5.97 Å². The van der Waals surface area contributed by atoms with Crippen LogP contribution in [-0.2, 0) is 4.79 Å². The van der Waals surface area contributed by atoms with Crippen molar-refractivity contribution < 1.29 is 9.90 Å². The highest BCUT2D eigenvalue weighted by molar-refractivity contribution is 9.10. The van der Waals surface area contributed by atoms with Crippen LogP contribution in [0, 0.1) is 6.92 Å². The average Bonchev–Trinajstić information content (AvgIpc) is 2.52. The molecule has 0 radical (unpaired) electrons. The molecule has 1 aromatic carbocycles. The minimum Gasteiger partial charge on any atom is -0.481 e. The van der Waals surface area contributed by atoms with E-state index in [2.05, 4.69) is 20.9 Å². The van der Waals surface area contributed by atoms with Crippen LogP contribution in [0.3, 0.4) is 0 Å². The first-order valence-corrected chi connectivity index (χ1v) is 6.28. The van der Waals surface area contributed by atoms with E-state index in [0.29, 0.717) is 0 Å². The van der Waals surface area contributed by atoms with Crippen LogP contribution < -0.4 is 0 Å². The van der Waals surface area contributed by atoms with Gasteiger partial charge in [0.2, 0.25) is 0 Å². The van der Waals surface area contributed by atoms with E-state index in [1.165, 1.54) is 0 Å². The highest BCUT2D eigenvalue weighted by Crippen LogP contribution is 2.32. The lowest BCUT2D eigenvalue weighted by atomic mass is 9.95. The van der Waals surface area contributed by atoms with Crippen LogP contribution in [0.25, 0.3) is 10.9 Å². The van der Waals surface area contributed by atoms with Gasteiger partial charge in [-0.1, -0.05) is 22.9 Å². The highest BCUT2D eigenvalue weighted by Gasteiger charge is 2.17. The van der Waals surface area contributed by atoms with Crippen LogP contribution in [0.5, 0.6) is 0 Å². The number of nitrogens with one attached hydrogen (secondary N) is 1. The fourth-order valence-electron chi connectivity index (χ4n) is 2.32. The molecule has 1 aromatic heterocycles. The Hall–Kier alpha value is -1.29. The van der Waals surface area contributed by atoms with Gasteiger partial charge in [-0.05, 0) is 36.6 Å². The number of aromatic amines is 1. The molecule has 1 atom stereocenters. The van der Waals surface area contributed by atoms with Crippen molar-refractivity contribution >= 4 is 32.8 Å². The predicted octanol–water partition coefficient (Wildman–Crippen LogP) is 3.82. The molecule has 3 nitrogen and oxygen atoms in total. The molecule has 0 saturated heterocycles. The summed E-state index contributed by atoms with van der Waals surface area (Å²) < 4.78 is 1.01. The van der Waals surface area contributed by atoms with Crippen molar-refractivity contribution in [2.75, 3.05) is 0 Å². The Balaban J connectivity index is 2.55. The Labute approximate surface area is 108 Å². The molecule has 0 aliphatic rings. The monoisotopic (exact) mass is 295 g/mol. The molecule has 1 unspecified atom stereocenters. The van der Waals surface area contributed by atoms with Crippen molar-refractivity contribution in [3.63, 3.8) is 0 Å². The first-order chi connectivity index (χ1) is 7.99. The van der Waals surface area contributed by atoms with Crippen LogP contribution in [-0.4, -0.2) is 16.1 Å². The van der Waals surface area contributed by atoms with Crippen molar-refractivity contribution in [1.29, 1.82) is 0 Å². The first kappa shape index (κ1) is 12.2. The molecular formula is C13H14BrNO2. The summed E-state index contributed by atoms with van der Waals surface area (Å²) in [4.78, 5) is 14.1. The number of halogens is 1. The summed E-state index contributed by atoms with van der Waals surface area (Å²) in [5, 5.41) is 9.98. The molecule has 2 aromatic rings. The molecule has 0 saturated carbocycles. The zero-order valence-corrected chi connectivity index (χ0v) is 11.3. The van der Waals surface area contributed by atoms with Gasteiger partial charge in [0.05, 0.1) is 6.42 Å². The molecule has 2 rings (SSSR count). The lowest BCUT2D eigenvalue weighted by Gasteiger charge is -2.09. The molecule has 0 spiro atoms. The standard InChI is InChI=1S/C13H14BrNO2/c1-7(5-12(16)17)13-8(2)15-11-4-3-9(14)6-10(11)13/h3-4,6-7,15H,5H2,1-2H3,(H,16,17). The molecule has 0 fully saturated rings. The molecule has 2 N–H and O–H groups in total. The number of aromatic nitrogens is 1. The van der Waals surface area contributed by atoms with E-state index in [4.69, 9.17) is 5.11 Å². The van der Waals surface area contributed by atoms with Gasteiger partial charge in [0.1, 0.15) is 0 Å². The zero-order valence-electron chi connectivity index (χ0n) is 9.75. The van der Waals surface area contributed by atoms with Crippen LogP contribution in [0.2, 0.25) is 0 Å². The number of carbonyl (C=O) groups is 1. The number of aliphatic carboxylic acids is 1. The Morgan fingerprint density at radius 3 is 2.88 bits per heavy atom. The number of fused-ring (bicyclic) bond motifs is 1. The van der Waals surface area contributed by atoms with Gasteiger partial charge in [0, 0.05) is 21.1 Å². The first-order valence-electron chi connectivity index (χ1n) is 5.48. The molecule has 0 aliphatic carbocycles. The lowest BCUT2D eigenvalue weighted by Crippen LogP contribution is -2.03. The number of carboxylic acids is 1. The maximum Gasteiger partial charge on any atom is 0.303 e. The molecule has 4 heteroatoms. The van der Waals surface area contributed by atoms with Crippen molar-refractivity contribution in [2.45, 2.75) is 26.2 Å². The summed E-state index contributed by atoms with van der Waals surface area (Å²) in [5.74, 6) is -0.753. The summed E-state index contributed by atoms with van der Waals surface area (Å²) in [6, 6.07) is 6.01. The number of benzene rings is 1. The second-order valence-electron chi connectivity index (χ2n) is 4.35. The second kappa shape index (κ2) is 4.53. The van der Waals surface area contributed by atoms with E-state index >= 15 is 0 Å². The summed E-state index contributed by atoms with van der Waals surface area (Å²) in [5.41, 5.74) is 3.20. The van der Waals surface area contributed by atoms with Crippen molar-refractivity contribution in [1.82, 2.24) is 4.98 Å². The van der Waals surface area contributed by atoms with Crippen molar-refractivity contribution in [2.24, 2.45) is 0 Å². The number of H-pyrrole nitrogens is 1. The van der Waals surface area contributed by atoms with Crippen LogP contribution in [0.1, 0.15) is 30.5 Å². The molecule has 1 heterocycles.